The number of aliphatic hydroxyl groups excluding tert-OH is 1. The van der Waals surface area contributed by atoms with Crippen LogP contribution in [0.1, 0.15) is 20.3 Å². The van der Waals surface area contributed by atoms with Gasteiger partial charge in [-0.25, -0.2) is 0 Å². The Balaban J connectivity index is 2.18. The van der Waals surface area contributed by atoms with Crippen LogP contribution in [0.15, 0.2) is 34.9 Å². The van der Waals surface area contributed by atoms with E-state index in [4.69, 9.17) is 9.84 Å². The summed E-state index contributed by atoms with van der Waals surface area (Å²) in [6.07, 6.45) is 6.05. The quantitative estimate of drug-likeness (QED) is 0.543. The zero-order chi connectivity index (χ0) is 11.1. The smallest absolute Gasteiger partial charge is 0.220 e. The lowest BCUT2D eigenvalue weighted by molar-refractivity contribution is 0.0691. The molecule has 15 heavy (non-hydrogen) atoms. The molecular weight excluding hydrogens is 192 g/mol. The Hall–Kier alpha value is -0.900. The van der Waals surface area contributed by atoms with Crippen LogP contribution in [0.3, 0.4) is 0 Å². The fourth-order valence-corrected chi connectivity index (χ4v) is 1.75. The van der Waals surface area contributed by atoms with Gasteiger partial charge in [0.05, 0.1) is 6.61 Å². The van der Waals surface area contributed by atoms with Gasteiger partial charge in [0.2, 0.25) is 5.79 Å². The van der Waals surface area contributed by atoms with Crippen molar-refractivity contribution in [3.8, 4) is 0 Å². The van der Waals surface area contributed by atoms with Gasteiger partial charge in [-0.05, 0) is 37.5 Å². The van der Waals surface area contributed by atoms with E-state index in [2.05, 4.69) is 0 Å². The van der Waals surface area contributed by atoms with Crippen LogP contribution in [-0.4, -0.2) is 28.7 Å². The van der Waals surface area contributed by atoms with E-state index in [0.29, 0.717) is 6.42 Å². The minimum atomic E-state index is -1.09. The van der Waals surface area contributed by atoms with Gasteiger partial charge in [0.25, 0.3) is 0 Å². The summed E-state index contributed by atoms with van der Waals surface area (Å²) in [5.74, 6) is -1.09. The molecule has 0 amide bonds. The van der Waals surface area contributed by atoms with Gasteiger partial charge in [0.1, 0.15) is 6.10 Å². The van der Waals surface area contributed by atoms with E-state index < -0.39 is 5.79 Å². The minimum absolute atomic E-state index is 0.00569. The topological polar surface area (TPSA) is 53.0 Å². The second-order valence-corrected chi connectivity index (χ2v) is 4.29. The third kappa shape index (κ3) is 1.91. The molecule has 0 spiro atoms. The molecule has 2 rings (SSSR count). The van der Waals surface area contributed by atoms with Crippen LogP contribution in [0.4, 0.5) is 0 Å². The van der Waals surface area contributed by atoms with Gasteiger partial charge in [-0.2, -0.15) is 0 Å². The van der Waals surface area contributed by atoms with Crippen molar-refractivity contribution in [3.05, 3.63) is 34.9 Å². The number of fused-ring (bicyclic) bond motifs is 1. The summed E-state index contributed by atoms with van der Waals surface area (Å²) in [5.41, 5.74) is 2.86. The van der Waals surface area contributed by atoms with Crippen LogP contribution >= 0.6 is 0 Å². The molecule has 1 heterocycles. The molecular formula is C12H16O3. The summed E-state index contributed by atoms with van der Waals surface area (Å²) in [4.78, 5) is 0. The van der Waals surface area contributed by atoms with Crippen molar-refractivity contribution in [1.82, 2.24) is 0 Å². The predicted octanol–water partition coefficient (Wildman–Crippen LogP) is 1.29. The summed E-state index contributed by atoms with van der Waals surface area (Å²) in [5, 5.41) is 19.0. The summed E-state index contributed by atoms with van der Waals surface area (Å²) < 4.78 is 5.21. The first kappa shape index (κ1) is 10.6. The number of hydrogen-bond acceptors (Lipinski definition) is 3. The second kappa shape index (κ2) is 3.59. The Morgan fingerprint density at radius 3 is 2.93 bits per heavy atom. The van der Waals surface area contributed by atoms with Gasteiger partial charge >= 0.3 is 0 Å². The first-order valence-electron chi connectivity index (χ1n) is 5.12. The van der Waals surface area contributed by atoms with Crippen molar-refractivity contribution in [2.24, 2.45) is 0 Å². The van der Waals surface area contributed by atoms with Crippen molar-refractivity contribution in [3.63, 3.8) is 0 Å². The van der Waals surface area contributed by atoms with Crippen LogP contribution in [0.25, 0.3) is 0 Å². The van der Waals surface area contributed by atoms with Crippen molar-refractivity contribution >= 4 is 0 Å². The number of ether oxygens (including phenoxy) is 1. The van der Waals surface area contributed by atoms with Gasteiger partial charge in [-0.1, -0.05) is 17.7 Å². The van der Waals surface area contributed by atoms with Crippen LogP contribution in [0.2, 0.25) is 0 Å². The number of epoxide rings is 1. The number of hydrogen-bond donors (Lipinski definition) is 2. The lowest BCUT2D eigenvalue weighted by atomic mass is 9.94. The summed E-state index contributed by atoms with van der Waals surface area (Å²) in [7, 11) is 0. The Morgan fingerprint density at radius 2 is 2.33 bits per heavy atom. The van der Waals surface area contributed by atoms with Gasteiger partial charge in [-0.15, -0.1) is 0 Å². The van der Waals surface area contributed by atoms with Gasteiger partial charge < -0.3 is 14.9 Å². The molecule has 1 aliphatic carbocycles. The number of allylic oxidation sites excluding steroid dienone is 2. The molecule has 1 fully saturated rings. The van der Waals surface area contributed by atoms with Crippen molar-refractivity contribution in [2.45, 2.75) is 32.2 Å². The average molecular weight is 208 g/mol. The molecule has 0 aromatic rings. The maximum atomic E-state index is 9.99. The first-order valence-corrected chi connectivity index (χ1v) is 5.12. The van der Waals surface area contributed by atoms with E-state index in [1.165, 1.54) is 5.57 Å². The summed E-state index contributed by atoms with van der Waals surface area (Å²) in [6.45, 7) is 4.02. The molecule has 1 saturated heterocycles. The Labute approximate surface area is 89.4 Å². The lowest BCUT2D eigenvalue weighted by Gasteiger charge is -2.14. The van der Waals surface area contributed by atoms with Crippen LogP contribution in [0.5, 0.6) is 0 Å². The molecule has 2 N–H and O–H groups in total. The predicted molar refractivity (Wildman–Crippen MR) is 57.1 cm³/mol. The highest BCUT2D eigenvalue weighted by atomic mass is 16.7. The fourth-order valence-electron chi connectivity index (χ4n) is 1.75. The molecule has 0 radical (unpaired) electrons. The fraction of sp³-hybridized carbons (Fsp3) is 0.500. The zero-order valence-corrected chi connectivity index (χ0v) is 9.03. The Bertz CT molecular complexity index is 361. The molecule has 82 valence electrons. The Kier molecular flexibility index (Phi) is 2.54. The van der Waals surface area contributed by atoms with E-state index in [1.54, 1.807) is 6.08 Å². The molecule has 2 atom stereocenters. The van der Waals surface area contributed by atoms with E-state index in [1.807, 2.05) is 26.0 Å². The van der Waals surface area contributed by atoms with Gasteiger partial charge in [0, 0.05) is 0 Å². The maximum absolute atomic E-state index is 9.99. The molecule has 3 heteroatoms. The van der Waals surface area contributed by atoms with Crippen molar-refractivity contribution in [1.29, 1.82) is 0 Å². The van der Waals surface area contributed by atoms with E-state index in [9.17, 15) is 5.11 Å². The average Bonchev–Trinajstić information content (AvgIpc) is 2.85. The first-order chi connectivity index (χ1) is 7.06. The molecule has 2 aliphatic rings. The minimum Gasteiger partial charge on any atom is -0.392 e. The third-order valence-electron chi connectivity index (χ3n) is 2.73. The standard InChI is InChI=1S/C12H16O3/c1-8(2)3-4-10-5-9(7-13)6-11-12(10,14)15-11/h3,5-6,11,13-14H,4,7H2,1-2H3. The van der Waals surface area contributed by atoms with Crippen LogP contribution in [-0.2, 0) is 4.74 Å². The molecule has 0 aromatic carbocycles. The molecule has 0 aromatic heterocycles. The van der Waals surface area contributed by atoms with E-state index >= 15 is 0 Å². The molecule has 2 unspecified atom stereocenters. The summed E-state index contributed by atoms with van der Waals surface area (Å²) >= 11 is 0. The highest BCUT2D eigenvalue weighted by molar-refractivity contribution is 5.42. The summed E-state index contributed by atoms with van der Waals surface area (Å²) in [6, 6.07) is 0. The largest absolute Gasteiger partial charge is 0.392 e. The third-order valence-corrected chi connectivity index (χ3v) is 2.73. The molecule has 3 nitrogen and oxygen atoms in total. The number of rotatable bonds is 3. The SMILES string of the molecule is CC(C)=CCC1=CC(CO)=CC2OC12O. The van der Waals surface area contributed by atoms with Crippen molar-refractivity contribution in [2.75, 3.05) is 6.61 Å². The van der Waals surface area contributed by atoms with Crippen LogP contribution < -0.4 is 0 Å². The highest BCUT2D eigenvalue weighted by Crippen LogP contribution is 2.46. The second-order valence-electron chi connectivity index (χ2n) is 4.29. The highest BCUT2D eigenvalue weighted by Gasteiger charge is 2.58. The molecule has 1 aliphatic heterocycles. The monoisotopic (exact) mass is 208 g/mol. The van der Waals surface area contributed by atoms with Gasteiger partial charge in [-0.3, -0.25) is 0 Å². The number of aliphatic hydroxyl groups is 2. The Morgan fingerprint density at radius 1 is 1.60 bits per heavy atom. The van der Waals surface area contributed by atoms with Crippen molar-refractivity contribution < 1.29 is 14.9 Å². The van der Waals surface area contributed by atoms with Gasteiger partial charge in [0.15, 0.2) is 0 Å². The van der Waals surface area contributed by atoms with Crippen LogP contribution in [0, 0.1) is 0 Å². The zero-order valence-electron chi connectivity index (χ0n) is 9.03. The molecule has 0 saturated carbocycles. The van der Waals surface area contributed by atoms with E-state index in [0.717, 1.165) is 11.1 Å². The maximum Gasteiger partial charge on any atom is 0.220 e. The lowest BCUT2D eigenvalue weighted by Crippen LogP contribution is -2.20. The van der Waals surface area contributed by atoms with E-state index in [-0.39, 0.29) is 12.7 Å². The normalized spacial score (nSPS) is 32.7. The molecule has 0 bridgehead atoms.